The SMILES string of the molecule is CCCC(C)C(O)OC(C(O)O)C(O)O. The Balaban J connectivity index is 4.16. The quantitative estimate of drug-likeness (QED) is 0.345. The summed E-state index contributed by atoms with van der Waals surface area (Å²) in [5.74, 6) is -0.213. The van der Waals surface area contributed by atoms with Gasteiger partial charge >= 0.3 is 0 Å². The van der Waals surface area contributed by atoms with Gasteiger partial charge in [-0.15, -0.1) is 0 Å². The average molecular weight is 224 g/mol. The second-order valence-electron chi connectivity index (χ2n) is 3.58. The van der Waals surface area contributed by atoms with Gasteiger partial charge < -0.3 is 30.3 Å². The van der Waals surface area contributed by atoms with Crippen LogP contribution in [0.3, 0.4) is 0 Å². The summed E-state index contributed by atoms with van der Waals surface area (Å²) in [6, 6.07) is 0. The highest BCUT2D eigenvalue weighted by Crippen LogP contribution is 2.15. The van der Waals surface area contributed by atoms with Gasteiger partial charge in [-0.1, -0.05) is 20.3 Å². The minimum absolute atomic E-state index is 0.213. The fourth-order valence-electron chi connectivity index (χ4n) is 1.19. The van der Waals surface area contributed by atoms with Gasteiger partial charge in [-0.25, -0.2) is 0 Å². The molecule has 0 spiro atoms. The normalized spacial score (nSPS) is 16.4. The highest BCUT2D eigenvalue weighted by molar-refractivity contribution is 4.65. The third-order valence-electron chi connectivity index (χ3n) is 2.12. The molecule has 0 aromatic heterocycles. The first kappa shape index (κ1) is 14.8. The molecule has 92 valence electrons. The lowest BCUT2D eigenvalue weighted by molar-refractivity contribution is -0.281. The standard InChI is InChI=1S/C9H20O6/c1-3-4-5(2)9(14)15-6(7(10)11)8(12)13/h5-14H,3-4H2,1-2H3. The minimum atomic E-state index is -2.05. The molecular formula is C9H20O6. The van der Waals surface area contributed by atoms with E-state index in [9.17, 15) is 5.11 Å². The molecule has 2 atom stereocenters. The fourth-order valence-corrected chi connectivity index (χ4v) is 1.19. The summed E-state index contributed by atoms with van der Waals surface area (Å²) in [7, 11) is 0. The van der Waals surface area contributed by atoms with Crippen molar-refractivity contribution in [1.29, 1.82) is 0 Å². The van der Waals surface area contributed by atoms with E-state index in [4.69, 9.17) is 25.2 Å². The Bertz CT molecular complexity index is 153. The highest BCUT2D eigenvalue weighted by atomic mass is 16.7. The number of aliphatic hydroxyl groups excluding tert-OH is 3. The Hall–Kier alpha value is -0.240. The second-order valence-corrected chi connectivity index (χ2v) is 3.58. The lowest BCUT2D eigenvalue weighted by Crippen LogP contribution is -2.43. The van der Waals surface area contributed by atoms with Crippen LogP contribution in [0.1, 0.15) is 26.7 Å². The molecule has 0 aliphatic heterocycles. The molecule has 0 saturated heterocycles. The number of rotatable bonds is 7. The van der Waals surface area contributed by atoms with Crippen molar-refractivity contribution in [1.82, 2.24) is 0 Å². The number of hydrogen-bond acceptors (Lipinski definition) is 6. The summed E-state index contributed by atoms with van der Waals surface area (Å²) in [6.45, 7) is 3.65. The molecule has 0 rings (SSSR count). The lowest BCUT2D eigenvalue weighted by Gasteiger charge is -2.27. The van der Waals surface area contributed by atoms with Crippen molar-refractivity contribution in [3.8, 4) is 0 Å². The summed E-state index contributed by atoms with van der Waals surface area (Å²) >= 11 is 0. The highest BCUT2D eigenvalue weighted by Gasteiger charge is 2.29. The van der Waals surface area contributed by atoms with E-state index in [1.54, 1.807) is 6.92 Å². The van der Waals surface area contributed by atoms with E-state index >= 15 is 0 Å². The maximum Gasteiger partial charge on any atom is 0.183 e. The molecule has 0 aromatic carbocycles. The molecule has 0 aliphatic rings. The Morgan fingerprint density at radius 2 is 1.47 bits per heavy atom. The first-order valence-corrected chi connectivity index (χ1v) is 4.96. The third kappa shape index (κ3) is 5.41. The monoisotopic (exact) mass is 224 g/mol. The molecule has 0 fully saturated rings. The van der Waals surface area contributed by atoms with Crippen LogP contribution >= 0.6 is 0 Å². The van der Waals surface area contributed by atoms with E-state index in [1.165, 1.54) is 0 Å². The summed E-state index contributed by atoms with van der Waals surface area (Å²) in [6.07, 6.45) is -5.44. The first-order chi connectivity index (χ1) is 6.90. The van der Waals surface area contributed by atoms with Crippen LogP contribution in [-0.2, 0) is 4.74 Å². The Morgan fingerprint density at radius 3 is 1.80 bits per heavy atom. The van der Waals surface area contributed by atoms with Crippen LogP contribution in [0.25, 0.3) is 0 Å². The van der Waals surface area contributed by atoms with Crippen LogP contribution in [0.2, 0.25) is 0 Å². The summed E-state index contributed by atoms with van der Waals surface area (Å²) in [4.78, 5) is 0. The number of ether oxygens (including phenoxy) is 1. The van der Waals surface area contributed by atoms with Crippen molar-refractivity contribution >= 4 is 0 Å². The van der Waals surface area contributed by atoms with Gasteiger partial charge in [-0.3, -0.25) is 0 Å². The van der Waals surface area contributed by atoms with Gasteiger partial charge in [0.15, 0.2) is 25.0 Å². The van der Waals surface area contributed by atoms with E-state index in [0.29, 0.717) is 6.42 Å². The van der Waals surface area contributed by atoms with Gasteiger partial charge in [-0.05, 0) is 6.42 Å². The van der Waals surface area contributed by atoms with Gasteiger partial charge in [0.2, 0.25) is 0 Å². The van der Waals surface area contributed by atoms with Crippen molar-refractivity contribution in [2.24, 2.45) is 5.92 Å². The largest absolute Gasteiger partial charge is 0.368 e. The molecule has 6 heteroatoms. The van der Waals surface area contributed by atoms with E-state index < -0.39 is 25.0 Å². The Kier molecular flexibility index (Phi) is 6.99. The summed E-state index contributed by atoms with van der Waals surface area (Å²) in [5, 5.41) is 44.4. The summed E-state index contributed by atoms with van der Waals surface area (Å²) in [5.41, 5.74) is 0. The molecule has 2 unspecified atom stereocenters. The Morgan fingerprint density at radius 1 is 1.00 bits per heavy atom. The van der Waals surface area contributed by atoms with E-state index in [0.717, 1.165) is 6.42 Å². The van der Waals surface area contributed by atoms with E-state index in [2.05, 4.69) is 0 Å². The third-order valence-corrected chi connectivity index (χ3v) is 2.12. The van der Waals surface area contributed by atoms with Crippen molar-refractivity contribution in [3.63, 3.8) is 0 Å². The Labute approximate surface area is 88.7 Å². The van der Waals surface area contributed by atoms with Gasteiger partial charge in [-0.2, -0.15) is 0 Å². The van der Waals surface area contributed by atoms with Gasteiger partial charge in [0.25, 0.3) is 0 Å². The predicted molar refractivity (Wildman–Crippen MR) is 51.4 cm³/mol. The molecule has 15 heavy (non-hydrogen) atoms. The maximum atomic E-state index is 9.45. The van der Waals surface area contributed by atoms with Gasteiger partial charge in [0.1, 0.15) is 0 Å². The fraction of sp³-hybridized carbons (Fsp3) is 1.00. The van der Waals surface area contributed by atoms with Crippen molar-refractivity contribution in [3.05, 3.63) is 0 Å². The van der Waals surface area contributed by atoms with Crippen LogP contribution in [0.5, 0.6) is 0 Å². The molecule has 0 amide bonds. The average Bonchev–Trinajstić information content (AvgIpc) is 2.12. The first-order valence-electron chi connectivity index (χ1n) is 4.96. The van der Waals surface area contributed by atoms with Crippen LogP contribution in [0.15, 0.2) is 0 Å². The van der Waals surface area contributed by atoms with Crippen LogP contribution in [0.4, 0.5) is 0 Å². The molecule has 0 saturated carbocycles. The van der Waals surface area contributed by atoms with Gasteiger partial charge in [0, 0.05) is 5.92 Å². The smallest absolute Gasteiger partial charge is 0.183 e. The molecule has 0 radical (unpaired) electrons. The molecular weight excluding hydrogens is 204 g/mol. The van der Waals surface area contributed by atoms with Crippen molar-refractivity contribution in [2.75, 3.05) is 0 Å². The molecule has 0 heterocycles. The maximum absolute atomic E-state index is 9.45. The zero-order valence-electron chi connectivity index (χ0n) is 8.95. The van der Waals surface area contributed by atoms with Crippen molar-refractivity contribution in [2.45, 2.75) is 51.7 Å². The predicted octanol–water partition coefficient (Wildman–Crippen LogP) is -1.25. The van der Waals surface area contributed by atoms with Crippen LogP contribution in [0, 0.1) is 5.92 Å². The van der Waals surface area contributed by atoms with E-state index in [1.807, 2.05) is 6.92 Å². The van der Waals surface area contributed by atoms with Crippen LogP contribution in [-0.4, -0.2) is 50.5 Å². The minimum Gasteiger partial charge on any atom is -0.368 e. The molecule has 0 aromatic rings. The molecule has 6 nitrogen and oxygen atoms in total. The second kappa shape index (κ2) is 7.10. The number of aliphatic hydroxyl groups is 5. The van der Waals surface area contributed by atoms with Crippen LogP contribution < -0.4 is 0 Å². The zero-order chi connectivity index (χ0) is 12.0. The molecule has 0 aliphatic carbocycles. The lowest BCUT2D eigenvalue weighted by atomic mass is 10.1. The zero-order valence-corrected chi connectivity index (χ0v) is 8.95. The van der Waals surface area contributed by atoms with Gasteiger partial charge in [0.05, 0.1) is 0 Å². The van der Waals surface area contributed by atoms with E-state index in [-0.39, 0.29) is 5.92 Å². The van der Waals surface area contributed by atoms with Crippen molar-refractivity contribution < 1.29 is 30.3 Å². The number of hydrogen-bond donors (Lipinski definition) is 5. The molecule has 0 bridgehead atoms. The molecule has 5 N–H and O–H groups in total. The topological polar surface area (TPSA) is 110 Å². The summed E-state index contributed by atoms with van der Waals surface area (Å²) < 4.78 is 4.74.